The second-order valence-electron chi connectivity index (χ2n) is 5.79. The molecule has 3 rings (SSSR count). The van der Waals surface area contributed by atoms with Gasteiger partial charge in [-0.1, -0.05) is 18.2 Å². The zero-order chi connectivity index (χ0) is 18.7. The second kappa shape index (κ2) is 7.82. The molecule has 1 aliphatic rings. The number of amides is 1. The highest BCUT2D eigenvalue weighted by molar-refractivity contribution is 8.00. The number of esters is 1. The maximum absolute atomic E-state index is 12.2. The van der Waals surface area contributed by atoms with Crippen LogP contribution in [0, 0.1) is 6.92 Å². The predicted molar refractivity (Wildman–Crippen MR) is 99.5 cm³/mol. The molecule has 0 unspecified atom stereocenters. The van der Waals surface area contributed by atoms with Gasteiger partial charge < -0.3 is 14.8 Å². The molecular weight excluding hydrogens is 354 g/mol. The summed E-state index contributed by atoms with van der Waals surface area (Å²) in [6.07, 6.45) is 0. The number of fused-ring (bicyclic) bond motifs is 1. The molecule has 2 aromatic rings. The van der Waals surface area contributed by atoms with Crippen molar-refractivity contribution >= 4 is 29.5 Å². The van der Waals surface area contributed by atoms with E-state index in [2.05, 4.69) is 10.4 Å². The highest BCUT2D eigenvalue weighted by Crippen LogP contribution is 2.45. The van der Waals surface area contributed by atoms with Crippen molar-refractivity contribution in [3.05, 3.63) is 41.1 Å². The predicted octanol–water partition coefficient (Wildman–Crippen LogP) is 2.54. The second-order valence-corrected chi connectivity index (χ2v) is 6.88. The van der Waals surface area contributed by atoms with Crippen molar-refractivity contribution in [2.75, 3.05) is 24.8 Å². The Labute approximate surface area is 156 Å². The average Bonchev–Trinajstić information content (AvgIpc) is 2.80. The Kier molecular flexibility index (Phi) is 5.51. The molecule has 1 aromatic carbocycles. The molecule has 1 N–H and O–H groups in total. The normalized spacial score (nSPS) is 16.4. The number of benzene rings is 1. The molecule has 1 aliphatic heterocycles. The molecule has 0 aliphatic carbocycles. The van der Waals surface area contributed by atoms with Crippen molar-refractivity contribution in [3.8, 4) is 5.75 Å². The van der Waals surface area contributed by atoms with Crippen molar-refractivity contribution < 1.29 is 19.1 Å². The number of hydrogen-bond donors (Lipinski definition) is 1. The number of carbonyl (C=O) groups excluding carboxylic acids is 2. The number of carbonyl (C=O) groups is 2. The SMILES string of the molecule is CCOC(=O)Cn1nc(C)c2c1NC(=O)CS[C@@H]2c1ccccc1OC. The Hall–Kier alpha value is -2.48. The molecule has 0 saturated carbocycles. The smallest absolute Gasteiger partial charge is 0.327 e. The zero-order valence-electron chi connectivity index (χ0n) is 14.9. The minimum absolute atomic E-state index is 0.0480. The fraction of sp³-hybridized carbons (Fsp3) is 0.389. The van der Waals surface area contributed by atoms with Gasteiger partial charge in [-0.15, -0.1) is 11.8 Å². The van der Waals surface area contributed by atoms with Crippen molar-refractivity contribution in [3.63, 3.8) is 0 Å². The van der Waals surface area contributed by atoms with E-state index in [-0.39, 0.29) is 17.7 Å². The van der Waals surface area contributed by atoms with E-state index in [9.17, 15) is 9.59 Å². The Morgan fingerprint density at radius 1 is 1.42 bits per heavy atom. The number of nitrogens with zero attached hydrogens (tertiary/aromatic N) is 2. The molecule has 0 spiro atoms. The van der Waals surface area contributed by atoms with Crippen LogP contribution in [-0.4, -0.2) is 41.1 Å². The van der Waals surface area contributed by atoms with E-state index in [1.54, 1.807) is 14.0 Å². The molecule has 0 fully saturated rings. The van der Waals surface area contributed by atoms with Gasteiger partial charge in [0.05, 0.1) is 30.4 Å². The quantitative estimate of drug-likeness (QED) is 0.809. The van der Waals surface area contributed by atoms with E-state index >= 15 is 0 Å². The molecule has 0 saturated heterocycles. The molecule has 26 heavy (non-hydrogen) atoms. The molecule has 2 heterocycles. The maximum atomic E-state index is 12.2. The number of anilines is 1. The molecule has 138 valence electrons. The number of ether oxygens (including phenoxy) is 2. The van der Waals surface area contributed by atoms with E-state index in [1.165, 1.54) is 16.4 Å². The number of methoxy groups -OCH3 is 1. The molecule has 1 atom stereocenters. The summed E-state index contributed by atoms with van der Waals surface area (Å²) in [7, 11) is 1.63. The van der Waals surface area contributed by atoms with Gasteiger partial charge in [0.15, 0.2) is 0 Å². The van der Waals surface area contributed by atoms with Crippen LogP contribution in [0.2, 0.25) is 0 Å². The summed E-state index contributed by atoms with van der Waals surface area (Å²) in [6.45, 7) is 3.88. The van der Waals surface area contributed by atoms with Gasteiger partial charge in [0.25, 0.3) is 0 Å². The minimum atomic E-state index is -0.391. The van der Waals surface area contributed by atoms with Gasteiger partial charge >= 0.3 is 5.97 Å². The number of rotatable bonds is 5. The van der Waals surface area contributed by atoms with E-state index < -0.39 is 5.97 Å². The summed E-state index contributed by atoms with van der Waals surface area (Å²) >= 11 is 1.51. The summed E-state index contributed by atoms with van der Waals surface area (Å²) in [5.41, 5.74) is 2.61. The Balaban J connectivity index is 2.08. The van der Waals surface area contributed by atoms with Crippen LogP contribution in [-0.2, 0) is 20.9 Å². The average molecular weight is 375 g/mol. The topological polar surface area (TPSA) is 82.5 Å². The number of aryl methyl sites for hydroxylation is 1. The van der Waals surface area contributed by atoms with Gasteiger partial charge in [-0.25, -0.2) is 4.68 Å². The lowest BCUT2D eigenvalue weighted by Crippen LogP contribution is -2.20. The van der Waals surface area contributed by atoms with Gasteiger partial charge in [-0.3, -0.25) is 9.59 Å². The fourth-order valence-corrected chi connectivity index (χ4v) is 4.24. The van der Waals surface area contributed by atoms with Crippen LogP contribution in [0.15, 0.2) is 24.3 Å². The summed E-state index contributed by atoms with van der Waals surface area (Å²) in [4.78, 5) is 24.1. The zero-order valence-corrected chi connectivity index (χ0v) is 15.8. The summed E-state index contributed by atoms with van der Waals surface area (Å²) in [6, 6.07) is 7.73. The van der Waals surface area contributed by atoms with Crippen LogP contribution in [0.4, 0.5) is 5.82 Å². The summed E-state index contributed by atoms with van der Waals surface area (Å²) < 4.78 is 12.0. The van der Waals surface area contributed by atoms with Gasteiger partial charge in [0.1, 0.15) is 18.1 Å². The Bertz CT molecular complexity index is 834. The van der Waals surface area contributed by atoms with Crippen molar-refractivity contribution in [2.45, 2.75) is 25.6 Å². The van der Waals surface area contributed by atoms with Crippen LogP contribution in [0.5, 0.6) is 5.75 Å². The third-order valence-corrected chi connectivity index (χ3v) is 5.33. The fourth-order valence-electron chi connectivity index (χ4n) is 3.02. The van der Waals surface area contributed by atoms with Crippen LogP contribution in [0.25, 0.3) is 0 Å². The molecule has 0 bridgehead atoms. The third-order valence-electron chi connectivity index (χ3n) is 4.08. The molecule has 1 aromatic heterocycles. The minimum Gasteiger partial charge on any atom is -0.496 e. The third kappa shape index (κ3) is 3.55. The van der Waals surface area contributed by atoms with Crippen molar-refractivity contribution in [1.82, 2.24) is 9.78 Å². The van der Waals surface area contributed by atoms with E-state index in [4.69, 9.17) is 9.47 Å². The van der Waals surface area contributed by atoms with E-state index in [0.29, 0.717) is 18.2 Å². The molecule has 1 amide bonds. The highest BCUT2D eigenvalue weighted by atomic mass is 32.2. The molecular formula is C18H21N3O4S. The number of aromatic nitrogens is 2. The lowest BCUT2D eigenvalue weighted by atomic mass is 10.0. The van der Waals surface area contributed by atoms with Crippen LogP contribution >= 0.6 is 11.8 Å². The number of hydrogen-bond acceptors (Lipinski definition) is 6. The first-order valence-electron chi connectivity index (χ1n) is 8.32. The largest absolute Gasteiger partial charge is 0.496 e. The van der Waals surface area contributed by atoms with Gasteiger partial charge in [0, 0.05) is 11.1 Å². The maximum Gasteiger partial charge on any atom is 0.327 e. The standard InChI is InChI=1S/C18H21N3O4S/c1-4-25-15(23)9-21-18-16(11(2)20-21)17(26-10-14(22)19-18)12-7-5-6-8-13(12)24-3/h5-8,17H,4,9-10H2,1-3H3,(H,19,22)/t17-/m1/s1. The van der Waals surface area contributed by atoms with Gasteiger partial charge in [0.2, 0.25) is 5.91 Å². The van der Waals surface area contributed by atoms with Crippen LogP contribution in [0.1, 0.15) is 29.0 Å². The van der Waals surface area contributed by atoms with Crippen molar-refractivity contribution in [1.29, 1.82) is 0 Å². The van der Waals surface area contributed by atoms with Gasteiger partial charge in [-0.05, 0) is 19.9 Å². The summed E-state index contributed by atoms with van der Waals surface area (Å²) in [5, 5.41) is 7.23. The lowest BCUT2D eigenvalue weighted by molar-refractivity contribution is -0.144. The number of nitrogens with one attached hydrogen (secondary N) is 1. The first-order chi connectivity index (χ1) is 12.5. The monoisotopic (exact) mass is 375 g/mol. The van der Waals surface area contributed by atoms with Crippen LogP contribution < -0.4 is 10.1 Å². The first kappa shape index (κ1) is 18.3. The molecule has 8 heteroatoms. The number of thioether (sulfide) groups is 1. The number of para-hydroxylation sites is 1. The lowest BCUT2D eigenvalue weighted by Gasteiger charge is -2.18. The molecule has 0 radical (unpaired) electrons. The van der Waals surface area contributed by atoms with E-state index in [1.807, 2.05) is 31.2 Å². The summed E-state index contributed by atoms with van der Waals surface area (Å²) in [5.74, 6) is 1.08. The Morgan fingerprint density at radius 2 is 2.19 bits per heavy atom. The first-order valence-corrected chi connectivity index (χ1v) is 9.37. The van der Waals surface area contributed by atoms with Crippen LogP contribution in [0.3, 0.4) is 0 Å². The molecule has 7 nitrogen and oxygen atoms in total. The highest BCUT2D eigenvalue weighted by Gasteiger charge is 2.32. The van der Waals surface area contributed by atoms with Crippen molar-refractivity contribution in [2.24, 2.45) is 0 Å². The van der Waals surface area contributed by atoms with E-state index in [0.717, 1.165) is 22.6 Å². The van der Waals surface area contributed by atoms with Gasteiger partial charge in [-0.2, -0.15) is 5.10 Å². The Morgan fingerprint density at radius 3 is 2.92 bits per heavy atom.